The van der Waals surface area contributed by atoms with Crippen LogP contribution in [0, 0.1) is 0 Å². The van der Waals surface area contributed by atoms with Crippen molar-refractivity contribution in [1.29, 1.82) is 0 Å². The molecule has 30 heavy (non-hydrogen) atoms. The highest BCUT2D eigenvalue weighted by Gasteiger charge is 2.25. The van der Waals surface area contributed by atoms with Crippen LogP contribution in [0.3, 0.4) is 0 Å². The SMILES string of the molecule is CN(CC(O)CNC(C)(C)CCCc1ccccc1)S(=O)(=O)c1ccc(Br)c(Cl)c1. The maximum absolute atomic E-state index is 12.7. The number of likely N-dealkylation sites (N-methyl/N-ethyl adjacent to an activating group) is 1. The lowest BCUT2D eigenvalue weighted by molar-refractivity contribution is 0.138. The highest BCUT2D eigenvalue weighted by atomic mass is 79.9. The molecule has 2 aromatic carbocycles. The molecule has 0 aliphatic carbocycles. The number of sulfonamides is 1. The first kappa shape index (κ1) is 25.3. The molecule has 1 atom stereocenters. The second-order valence-corrected chi connectivity index (χ2v) is 11.4. The van der Waals surface area contributed by atoms with Crippen molar-refractivity contribution in [2.24, 2.45) is 0 Å². The Bertz CT molecular complexity index is 923. The molecule has 1 unspecified atom stereocenters. The van der Waals surface area contributed by atoms with Gasteiger partial charge in [-0.05, 0) is 72.8 Å². The molecule has 0 aliphatic rings. The van der Waals surface area contributed by atoms with Crippen molar-refractivity contribution in [3.05, 3.63) is 63.6 Å². The summed E-state index contributed by atoms with van der Waals surface area (Å²) in [6.07, 6.45) is 2.15. The summed E-state index contributed by atoms with van der Waals surface area (Å²) < 4.78 is 27.2. The molecule has 5 nitrogen and oxygen atoms in total. The van der Waals surface area contributed by atoms with Gasteiger partial charge < -0.3 is 10.4 Å². The molecule has 0 spiro atoms. The Morgan fingerprint density at radius 1 is 1.20 bits per heavy atom. The van der Waals surface area contributed by atoms with Crippen LogP contribution in [0.5, 0.6) is 0 Å². The average molecular weight is 518 g/mol. The van der Waals surface area contributed by atoms with Crippen molar-refractivity contribution in [2.45, 2.75) is 49.6 Å². The van der Waals surface area contributed by atoms with Crippen LogP contribution >= 0.6 is 27.5 Å². The molecule has 2 rings (SSSR count). The molecular weight excluding hydrogens is 488 g/mol. The summed E-state index contributed by atoms with van der Waals surface area (Å²) >= 11 is 9.28. The van der Waals surface area contributed by atoms with E-state index >= 15 is 0 Å². The topological polar surface area (TPSA) is 69.6 Å². The zero-order valence-corrected chi connectivity index (χ0v) is 20.8. The van der Waals surface area contributed by atoms with Crippen LogP contribution in [-0.4, -0.2) is 49.6 Å². The quantitative estimate of drug-likeness (QED) is 0.461. The first-order valence-electron chi connectivity index (χ1n) is 9.90. The Morgan fingerprint density at radius 3 is 2.50 bits per heavy atom. The summed E-state index contributed by atoms with van der Waals surface area (Å²) in [6.45, 7) is 4.48. The predicted octanol–water partition coefficient (Wildman–Crippen LogP) is 4.48. The first-order valence-corrected chi connectivity index (χ1v) is 12.5. The minimum atomic E-state index is -3.73. The fraction of sp³-hybridized carbons (Fsp3) is 0.455. The van der Waals surface area contributed by atoms with Gasteiger partial charge in [0, 0.05) is 30.1 Å². The van der Waals surface area contributed by atoms with Crippen LogP contribution in [0.1, 0.15) is 32.3 Å². The van der Waals surface area contributed by atoms with Crippen LogP contribution in [0.4, 0.5) is 0 Å². The summed E-state index contributed by atoms with van der Waals surface area (Å²) in [4.78, 5) is 0.0969. The smallest absolute Gasteiger partial charge is 0.242 e. The van der Waals surface area contributed by atoms with E-state index in [4.69, 9.17) is 11.6 Å². The molecule has 0 amide bonds. The number of nitrogens with zero attached hydrogens (tertiary/aromatic N) is 1. The lowest BCUT2D eigenvalue weighted by Gasteiger charge is -2.29. The van der Waals surface area contributed by atoms with Gasteiger partial charge in [-0.15, -0.1) is 0 Å². The molecule has 2 aromatic rings. The van der Waals surface area contributed by atoms with Crippen molar-refractivity contribution >= 4 is 37.6 Å². The molecule has 0 bridgehead atoms. The molecule has 0 aliphatic heterocycles. The highest BCUT2D eigenvalue weighted by Crippen LogP contribution is 2.26. The van der Waals surface area contributed by atoms with E-state index < -0.39 is 16.1 Å². The van der Waals surface area contributed by atoms with E-state index in [9.17, 15) is 13.5 Å². The number of rotatable bonds is 11. The third-order valence-electron chi connectivity index (χ3n) is 4.99. The average Bonchev–Trinajstić information content (AvgIpc) is 2.69. The molecule has 0 radical (unpaired) electrons. The molecule has 0 heterocycles. The molecular formula is C22H30BrClN2O3S. The van der Waals surface area contributed by atoms with Crippen LogP contribution in [0.15, 0.2) is 57.9 Å². The molecule has 166 valence electrons. The van der Waals surface area contributed by atoms with Crippen molar-refractivity contribution in [1.82, 2.24) is 9.62 Å². The van der Waals surface area contributed by atoms with Crippen molar-refractivity contribution < 1.29 is 13.5 Å². The van der Waals surface area contributed by atoms with Crippen molar-refractivity contribution in [2.75, 3.05) is 20.1 Å². The number of nitrogens with one attached hydrogen (secondary N) is 1. The zero-order valence-electron chi connectivity index (χ0n) is 17.6. The van der Waals surface area contributed by atoms with Gasteiger partial charge >= 0.3 is 0 Å². The van der Waals surface area contributed by atoms with Crippen LogP contribution in [0.2, 0.25) is 5.02 Å². The van der Waals surface area contributed by atoms with E-state index in [1.54, 1.807) is 6.07 Å². The van der Waals surface area contributed by atoms with Crippen molar-refractivity contribution in [3.8, 4) is 0 Å². The second-order valence-electron chi connectivity index (χ2n) is 8.12. The van der Waals surface area contributed by atoms with Crippen LogP contribution < -0.4 is 5.32 Å². The number of aryl methyl sites for hydroxylation is 1. The molecule has 8 heteroatoms. The minimum Gasteiger partial charge on any atom is -0.390 e. The van der Waals surface area contributed by atoms with Gasteiger partial charge in [0.1, 0.15) is 0 Å². The highest BCUT2D eigenvalue weighted by molar-refractivity contribution is 9.10. The third kappa shape index (κ3) is 7.62. The van der Waals surface area contributed by atoms with Gasteiger partial charge in [-0.25, -0.2) is 8.42 Å². The summed E-state index contributed by atoms with van der Waals surface area (Å²) in [5.74, 6) is 0. The van der Waals surface area contributed by atoms with E-state index in [1.807, 2.05) is 18.2 Å². The van der Waals surface area contributed by atoms with E-state index in [0.717, 1.165) is 23.6 Å². The predicted molar refractivity (Wildman–Crippen MR) is 126 cm³/mol. The number of hydrogen-bond acceptors (Lipinski definition) is 4. The number of benzene rings is 2. The Balaban J connectivity index is 1.83. The molecule has 0 saturated heterocycles. The molecule has 0 aromatic heterocycles. The first-order chi connectivity index (χ1) is 14.0. The summed E-state index contributed by atoms with van der Waals surface area (Å²) in [5.41, 5.74) is 1.15. The van der Waals surface area contributed by atoms with Gasteiger partial charge in [-0.2, -0.15) is 4.31 Å². The molecule has 2 N–H and O–H groups in total. The second kappa shape index (κ2) is 11.1. The number of hydrogen-bond donors (Lipinski definition) is 2. The fourth-order valence-corrected chi connectivity index (χ4v) is 4.87. The van der Waals surface area contributed by atoms with E-state index in [0.29, 0.717) is 16.0 Å². The largest absolute Gasteiger partial charge is 0.390 e. The van der Waals surface area contributed by atoms with Gasteiger partial charge in [0.25, 0.3) is 0 Å². The maximum atomic E-state index is 12.7. The number of aliphatic hydroxyl groups is 1. The Hall–Kier alpha value is -0.960. The minimum absolute atomic E-state index is 0.0108. The lowest BCUT2D eigenvalue weighted by Crippen LogP contribution is -2.46. The normalized spacial score (nSPS) is 13.6. The Kier molecular flexibility index (Phi) is 9.33. The van der Waals surface area contributed by atoms with E-state index in [2.05, 4.69) is 47.2 Å². The zero-order chi connectivity index (χ0) is 22.4. The Morgan fingerprint density at radius 2 is 1.87 bits per heavy atom. The fourth-order valence-electron chi connectivity index (χ4n) is 3.14. The van der Waals surface area contributed by atoms with Gasteiger partial charge in [0.05, 0.1) is 16.0 Å². The standard InChI is InChI=1S/C22H30BrClN2O3S/c1-22(2,13-7-10-17-8-5-4-6-9-17)25-15-18(27)16-26(3)30(28,29)19-11-12-20(23)21(24)14-19/h4-6,8-9,11-12,14,18,25,27H,7,10,13,15-16H2,1-3H3. The number of aliphatic hydroxyl groups excluding tert-OH is 1. The van der Waals surface area contributed by atoms with Gasteiger partial charge in [-0.3, -0.25) is 0 Å². The van der Waals surface area contributed by atoms with Gasteiger partial charge in [0.2, 0.25) is 10.0 Å². The van der Waals surface area contributed by atoms with Gasteiger partial charge in [-0.1, -0.05) is 41.9 Å². The van der Waals surface area contributed by atoms with Gasteiger partial charge in [0.15, 0.2) is 0 Å². The van der Waals surface area contributed by atoms with E-state index in [-0.39, 0.29) is 17.0 Å². The number of halogens is 2. The van der Waals surface area contributed by atoms with E-state index in [1.165, 1.54) is 24.7 Å². The van der Waals surface area contributed by atoms with Crippen LogP contribution in [0.25, 0.3) is 0 Å². The van der Waals surface area contributed by atoms with Crippen molar-refractivity contribution in [3.63, 3.8) is 0 Å². The monoisotopic (exact) mass is 516 g/mol. The van der Waals surface area contributed by atoms with Crippen LogP contribution in [-0.2, 0) is 16.4 Å². The molecule has 0 saturated carbocycles. The molecule has 0 fully saturated rings. The lowest BCUT2D eigenvalue weighted by atomic mass is 9.95. The Labute approximate surface area is 193 Å². The summed E-state index contributed by atoms with van der Waals surface area (Å²) in [7, 11) is -2.27. The maximum Gasteiger partial charge on any atom is 0.242 e. The third-order valence-corrected chi connectivity index (χ3v) is 8.05. The summed E-state index contributed by atoms with van der Waals surface area (Å²) in [5, 5.41) is 14.1. The summed E-state index contributed by atoms with van der Waals surface area (Å²) in [6, 6.07) is 14.8. The number of β-amino-alcohol motifs (C(OH)–C–C–N with tert-alkyl or cyclic N) is 1.